The van der Waals surface area contributed by atoms with E-state index in [0.717, 1.165) is 11.0 Å². The number of nitrogens with zero attached hydrogens (tertiary/aromatic N) is 1. The van der Waals surface area contributed by atoms with Gasteiger partial charge in [-0.1, -0.05) is 24.3 Å². The average Bonchev–Trinajstić information content (AvgIpc) is 2.57. The number of hydrogen-bond donors (Lipinski definition) is 1. The molecular formula is C17H16N2O3. The maximum absolute atomic E-state index is 12.6. The standard InChI is InChI=1S/C17H16N2O3/c1-18-17(21)22-11-10-19-14-8-4-2-6-12(14)16(20)13-7-3-5-9-15(13)19/h2-9H,10-11H2,1H3,(H,18,21). The van der Waals surface area contributed by atoms with Crippen molar-refractivity contribution in [2.45, 2.75) is 6.54 Å². The summed E-state index contributed by atoms with van der Waals surface area (Å²) in [6, 6.07) is 14.9. The van der Waals surface area contributed by atoms with Crippen LogP contribution in [0, 0.1) is 0 Å². The van der Waals surface area contributed by atoms with Crippen LogP contribution in [-0.2, 0) is 11.3 Å². The number of carbonyl (C=O) groups is 1. The number of ether oxygens (including phenoxy) is 1. The number of para-hydroxylation sites is 2. The highest BCUT2D eigenvalue weighted by Gasteiger charge is 2.10. The molecule has 3 aromatic rings. The third kappa shape index (κ3) is 2.41. The van der Waals surface area contributed by atoms with E-state index >= 15 is 0 Å². The summed E-state index contributed by atoms with van der Waals surface area (Å²) in [7, 11) is 1.52. The molecule has 1 aromatic heterocycles. The van der Waals surface area contributed by atoms with Gasteiger partial charge in [0.05, 0.1) is 17.6 Å². The van der Waals surface area contributed by atoms with Gasteiger partial charge in [0.2, 0.25) is 0 Å². The van der Waals surface area contributed by atoms with Crippen molar-refractivity contribution in [1.82, 2.24) is 9.88 Å². The number of alkyl carbamates (subject to hydrolysis) is 1. The van der Waals surface area contributed by atoms with Crippen LogP contribution in [0.2, 0.25) is 0 Å². The predicted octanol–water partition coefficient (Wildman–Crippen LogP) is 2.51. The summed E-state index contributed by atoms with van der Waals surface area (Å²) in [6.45, 7) is 0.714. The number of rotatable bonds is 3. The van der Waals surface area contributed by atoms with Crippen LogP contribution < -0.4 is 10.7 Å². The van der Waals surface area contributed by atoms with Crippen molar-refractivity contribution in [3.63, 3.8) is 0 Å². The molecule has 1 heterocycles. The Morgan fingerprint density at radius 2 is 1.59 bits per heavy atom. The van der Waals surface area contributed by atoms with E-state index in [1.165, 1.54) is 7.05 Å². The molecule has 2 aromatic carbocycles. The largest absolute Gasteiger partial charge is 0.448 e. The molecule has 0 spiro atoms. The maximum Gasteiger partial charge on any atom is 0.406 e. The zero-order valence-corrected chi connectivity index (χ0v) is 12.2. The molecule has 22 heavy (non-hydrogen) atoms. The number of carbonyl (C=O) groups excluding carboxylic acids is 1. The lowest BCUT2D eigenvalue weighted by molar-refractivity contribution is 0.145. The Morgan fingerprint density at radius 1 is 1.05 bits per heavy atom. The SMILES string of the molecule is CNC(=O)OCCn1c2ccccc2c(=O)c2ccccc21. The highest BCUT2D eigenvalue weighted by atomic mass is 16.5. The van der Waals surface area contributed by atoms with E-state index in [2.05, 4.69) is 5.32 Å². The molecule has 0 aliphatic rings. The first-order chi connectivity index (χ1) is 10.7. The Kier molecular flexibility index (Phi) is 3.78. The summed E-state index contributed by atoms with van der Waals surface area (Å²) in [5.41, 5.74) is 1.70. The average molecular weight is 296 g/mol. The summed E-state index contributed by atoms with van der Waals surface area (Å²) in [5, 5.41) is 3.75. The second-order valence-corrected chi connectivity index (χ2v) is 4.90. The van der Waals surface area contributed by atoms with E-state index in [9.17, 15) is 9.59 Å². The van der Waals surface area contributed by atoms with E-state index in [1.807, 2.05) is 53.1 Å². The maximum atomic E-state index is 12.6. The van der Waals surface area contributed by atoms with Gasteiger partial charge in [0.15, 0.2) is 5.43 Å². The lowest BCUT2D eigenvalue weighted by Gasteiger charge is -2.15. The number of amides is 1. The lowest BCUT2D eigenvalue weighted by Crippen LogP contribution is -2.22. The van der Waals surface area contributed by atoms with Gasteiger partial charge in [-0.15, -0.1) is 0 Å². The van der Waals surface area contributed by atoms with Crippen LogP contribution in [0.4, 0.5) is 4.79 Å². The number of fused-ring (bicyclic) bond motifs is 2. The molecule has 5 heteroatoms. The second-order valence-electron chi connectivity index (χ2n) is 4.90. The Balaban J connectivity index is 2.14. The first kappa shape index (κ1) is 14.1. The molecule has 112 valence electrons. The molecule has 0 bridgehead atoms. The number of pyridine rings is 1. The first-order valence-corrected chi connectivity index (χ1v) is 7.07. The van der Waals surface area contributed by atoms with Crippen LogP contribution in [-0.4, -0.2) is 24.3 Å². The minimum Gasteiger partial charge on any atom is -0.448 e. The van der Waals surface area contributed by atoms with Gasteiger partial charge >= 0.3 is 6.09 Å². The topological polar surface area (TPSA) is 60.3 Å². The van der Waals surface area contributed by atoms with E-state index in [1.54, 1.807) is 0 Å². The molecule has 0 saturated carbocycles. The molecule has 0 fully saturated rings. The van der Waals surface area contributed by atoms with Crippen LogP contribution >= 0.6 is 0 Å². The van der Waals surface area contributed by atoms with Crippen LogP contribution in [0.15, 0.2) is 53.3 Å². The Morgan fingerprint density at radius 3 is 2.14 bits per heavy atom. The fourth-order valence-electron chi connectivity index (χ4n) is 2.62. The molecule has 0 atom stereocenters. The lowest BCUT2D eigenvalue weighted by atomic mass is 10.1. The van der Waals surface area contributed by atoms with Gasteiger partial charge in [-0.25, -0.2) is 4.79 Å². The third-order valence-electron chi connectivity index (χ3n) is 3.63. The first-order valence-electron chi connectivity index (χ1n) is 7.07. The molecule has 3 rings (SSSR count). The Hall–Kier alpha value is -2.82. The van der Waals surface area contributed by atoms with Gasteiger partial charge in [-0.3, -0.25) is 4.79 Å². The Labute approximate surface area is 127 Å². The number of hydrogen-bond acceptors (Lipinski definition) is 3. The Bertz CT molecular complexity index is 839. The second kappa shape index (κ2) is 5.89. The van der Waals surface area contributed by atoms with Gasteiger partial charge < -0.3 is 14.6 Å². The minimum absolute atomic E-state index is 0.0228. The zero-order valence-electron chi connectivity index (χ0n) is 12.2. The van der Waals surface area contributed by atoms with Crippen molar-refractivity contribution in [3.05, 3.63) is 58.8 Å². The van der Waals surface area contributed by atoms with Crippen molar-refractivity contribution in [2.24, 2.45) is 0 Å². The van der Waals surface area contributed by atoms with Gasteiger partial charge in [-0.05, 0) is 24.3 Å². The molecule has 0 aliphatic heterocycles. The fourth-order valence-corrected chi connectivity index (χ4v) is 2.62. The smallest absolute Gasteiger partial charge is 0.406 e. The van der Waals surface area contributed by atoms with Gasteiger partial charge in [0, 0.05) is 17.8 Å². The summed E-state index contributed by atoms with van der Waals surface area (Å²) < 4.78 is 7.08. The van der Waals surface area contributed by atoms with E-state index in [4.69, 9.17) is 4.74 Å². The summed E-state index contributed by atoms with van der Waals surface area (Å²) in [5.74, 6) is 0. The highest BCUT2D eigenvalue weighted by molar-refractivity contribution is 5.93. The fraction of sp³-hybridized carbons (Fsp3) is 0.176. The van der Waals surface area contributed by atoms with Crippen molar-refractivity contribution in [2.75, 3.05) is 13.7 Å². The molecule has 1 N–H and O–H groups in total. The van der Waals surface area contributed by atoms with Gasteiger partial charge in [-0.2, -0.15) is 0 Å². The van der Waals surface area contributed by atoms with Crippen molar-refractivity contribution in [3.8, 4) is 0 Å². The summed E-state index contributed by atoms with van der Waals surface area (Å²) in [4.78, 5) is 23.8. The molecule has 0 radical (unpaired) electrons. The molecule has 5 nitrogen and oxygen atoms in total. The quantitative estimate of drug-likeness (QED) is 0.755. The van der Waals surface area contributed by atoms with Crippen LogP contribution in [0.1, 0.15) is 0 Å². The third-order valence-corrected chi connectivity index (χ3v) is 3.63. The molecule has 0 saturated heterocycles. The van der Waals surface area contributed by atoms with E-state index in [-0.39, 0.29) is 12.0 Å². The van der Waals surface area contributed by atoms with Crippen LogP contribution in [0.25, 0.3) is 21.8 Å². The van der Waals surface area contributed by atoms with Crippen molar-refractivity contribution >= 4 is 27.9 Å². The monoisotopic (exact) mass is 296 g/mol. The van der Waals surface area contributed by atoms with Gasteiger partial charge in [0.25, 0.3) is 0 Å². The number of aromatic nitrogens is 1. The van der Waals surface area contributed by atoms with E-state index < -0.39 is 6.09 Å². The molecule has 1 amide bonds. The normalized spacial score (nSPS) is 10.8. The summed E-state index contributed by atoms with van der Waals surface area (Å²) in [6.07, 6.45) is -0.463. The van der Waals surface area contributed by atoms with Crippen LogP contribution in [0.5, 0.6) is 0 Å². The predicted molar refractivity (Wildman–Crippen MR) is 86.1 cm³/mol. The summed E-state index contributed by atoms with van der Waals surface area (Å²) >= 11 is 0. The van der Waals surface area contributed by atoms with Gasteiger partial charge in [0.1, 0.15) is 6.61 Å². The molecule has 0 unspecified atom stereocenters. The van der Waals surface area contributed by atoms with Crippen molar-refractivity contribution < 1.29 is 9.53 Å². The number of benzene rings is 2. The minimum atomic E-state index is -0.463. The zero-order chi connectivity index (χ0) is 15.5. The van der Waals surface area contributed by atoms with E-state index in [0.29, 0.717) is 17.3 Å². The number of nitrogens with one attached hydrogen (secondary N) is 1. The van der Waals surface area contributed by atoms with Crippen molar-refractivity contribution in [1.29, 1.82) is 0 Å². The van der Waals surface area contributed by atoms with Crippen LogP contribution in [0.3, 0.4) is 0 Å². The highest BCUT2D eigenvalue weighted by Crippen LogP contribution is 2.18. The molecule has 0 aliphatic carbocycles. The molecular weight excluding hydrogens is 280 g/mol.